The number of benzene rings is 2. The first-order valence-corrected chi connectivity index (χ1v) is 9.25. The van der Waals surface area contributed by atoms with Crippen LogP contribution in [0.2, 0.25) is 5.02 Å². The third-order valence-corrected chi connectivity index (χ3v) is 5.31. The molecular formula is C16H16ClN3O3S. The van der Waals surface area contributed by atoms with Gasteiger partial charge in [0.1, 0.15) is 4.90 Å². The normalized spacial score (nSPS) is 14.0. The van der Waals surface area contributed by atoms with Crippen molar-refractivity contribution in [1.29, 1.82) is 0 Å². The molecule has 8 heteroatoms. The number of carbonyl (C=O) groups is 1. The summed E-state index contributed by atoms with van der Waals surface area (Å²) in [5.41, 5.74) is 0.955. The van der Waals surface area contributed by atoms with Gasteiger partial charge in [-0.2, -0.15) is 0 Å². The van der Waals surface area contributed by atoms with Crippen molar-refractivity contribution >= 4 is 39.0 Å². The van der Waals surface area contributed by atoms with Crippen LogP contribution in [0.5, 0.6) is 0 Å². The molecule has 1 saturated carbocycles. The van der Waals surface area contributed by atoms with Gasteiger partial charge in [-0.1, -0.05) is 23.7 Å². The van der Waals surface area contributed by atoms with Crippen LogP contribution in [-0.4, -0.2) is 20.5 Å². The average molecular weight is 366 g/mol. The average Bonchev–Trinajstić information content (AvgIpc) is 3.33. The number of sulfonamides is 1. The van der Waals surface area contributed by atoms with Gasteiger partial charge in [0.2, 0.25) is 0 Å². The number of urea groups is 1. The van der Waals surface area contributed by atoms with Crippen molar-refractivity contribution in [2.45, 2.75) is 23.8 Å². The van der Waals surface area contributed by atoms with E-state index in [1.165, 1.54) is 12.1 Å². The summed E-state index contributed by atoms with van der Waals surface area (Å²) in [6.07, 6.45) is 2.02. The SMILES string of the molecule is O=C(Nc1ccc(NS(=O)(=O)c2ccccc2Cl)cc1)NC1CC1. The number of halogens is 1. The Morgan fingerprint density at radius 1 is 1.00 bits per heavy atom. The highest BCUT2D eigenvalue weighted by Crippen LogP contribution is 2.24. The summed E-state index contributed by atoms with van der Waals surface area (Å²) in [4.78, 5) is 11.7. The van der Waals surface area contributed by atoms with Crippen LogP contribution < -0.4 is 15.4 Å². The molecule has 0 unspecified atom stereocenters. The molecule has 3 rings (SSSR count). The van der Waals surface area contributed by atoms with Gasteiger partial charge in [-0.05, 0) is 49.2 Å². The van der Waals surface area contributed by atoms with E-state index >= 15 is 0 Å². The topological polar surface area (TPSA) is 87.3 Å². The molecule has 2 aromatic rings. The molecule has 0 saturated heterocycles. The molecule has 0 aliphatic heterocycles. The molecule has 2 amide bonds. The number of rotatable bonds is 5. The van der Waals surface area contributed by atoms with E-state index in [1.807, 2.05) is 0 Å². The zero-order valence-electron chi connectivity index (χ0n) is 12.6. The summed E-state index contributed by atoms with van der Waals surface area (Å²) in [5.74, 6) is 0. The molecule has 0 aromatic heterocycles. The molecular weight excluding hydrogens is 350 g/mol. The fourth-order valence-corrected chi connectivity index (χ4v) is 3.65. The Balaban J connectivity index is 1.67. The van der Waals surface area contributed by atoms with Crippen LogP contribution in [0.3, 0.4) is 0 Å². The van der Waals surface area contributed by atoms with Crippen molar-refractivity contribution in [3.05, 3.63) is 53.6 Å². The monoisotopic (exact) mass is 365 g/mol. The van der Waals surface area contributed by atoms with Crippen molar-refractivity contribution in [1.82, 2.24) is 5.32 Å². The third kappa shape index (κ3) is 4.18. The van der Waals surface area contributed by atoms with Gasteiger partial charge in [0.25, 0.3) is 10.0 Å². The maximum atomic E-state index is 12.3. The van der Waals surface area contributed by atoms with Crippen molar-refractivity contribution in [3.8, 4) is 0 Å². The minimum absolute atomic E-state index is 0.0117. The maximum Gasteiger partial charge on any atom is 0.319 e. The fourth-order valence-electron chi connectivity index (χ4n) is 2.07. The van der Waals surface area contributed by atoms with Crippen molar-refractivity contribution in [2.75, 3.05) is 10.0 Å². The van der Waals surface area contributed by atoms with E-state index in [2.05, 4.69) is 15.4 Å². The Bertz CT molecular complexity index is 849. The van der Waals surface area contributed by atoms with E-state index in [0.717, 1.165) is 12.8 Å². The molecule has 3 N–H and O–H groups in total. The summed E-state index contributed by atoms with van der Waals surface area (Å²) in [6, 6.07) is 12.6. The molecule has 0 atom stereocenters. The second-order valence-electron chi connectivity index (χ2n) is 5.49. The first-order chi connectivity index (χ1) is 11.4. The van der Waals surface area contributed by atoms with Crippen LogP contribution in [0.4, 0.5) is 16.2 Å². The number of hydrogen-bond donors (Lipinski definition) is 3. The van der Waals surface area contributed by atoms with E-state index in [0.29, 0.717) is 11.4 Å². The first-order valence-electron chi connectivity index (χ1n) is 7.39. The van der Waals surface area contributed by atoms with Crippen molar-refractivity contribution < 1.29 is 13.2 Å². The Kier molecular flexibility index (Phi) is 4.64. The standard InChI is InChI=1S/C16H16ClN3O3S/c17-14-3-1-2-4-15(14)24(22,23)20-13-9-7-12(8-10-13)19-16(21)18-11-5-6-11/h1-4,7-11,20H,5-6H2,(H2,18,19,21). The lowest BCUT2D eigenvalue weighted by atomic mass is 10.3. The Morgan fingerprint density at radius 3 is 2.25 bits per heavy atom. The van der Waals surface area contributed by atoms with Gasteiger partial charge < -0.3 is 10.6 Å². The quantitative estimate of drug-likeness (QED) is 0.758. The van der Waals surface area contributed by atoms with E-state index in [4.69, 9.17) is 11.6 Å². The molecule has 1 fully saturated rings. The molecule has 1 aliphatic rings. The Morgan fingerprint density at radius 2 is 1.62 bits per heavy atom. The number of anilines is 2. The third-order valence-electron chi connectivity index (χ3n) is 3.43. The highest BCUT2D eigenvalue weighted by Gasteiger charge is 2.23. The minimum Gasteiger partial charge on any atom is -0.335 e. The molecule has 0 heterocycles. The minimum atomic E-state index is -3.77. The van der Waals surface area contributed by atoms with Crippen LogP contribution in [0.15, 0.2) is 53.4 Å². The van der Waals surface area contributed by atoms with Crippen LogP contribution in [0, 0.1) is 0 Å². The summed E-state index contributed by atoms with van der Waals surface area (Å²) in [5, 5.41) is 5.66. The van der Waals surface area contributed by atoms with E-state index in [9.17, 15) is 13.2 Å². The molecule has 2 aromatic carbocycles. The van der Waals surface area contributed by atoms with Crippen LogP contribution in [0.25, 0.3) is 0 Å². The summed E-state index contributed by atoms with van der Waals surface area (Å²) in [6.45, 7) is 0. The van der Waals surface area contributed by atoms with Crippen molar-refractivity contribution in [3.63, 3.8) is 0 Å². The second-order valence-corrected chi connectivity index (χ2v) is 7.54. The van der Waals surface area contributed by atoms with Gasteiger partial charge in [-0.15, -0.1) is 0 Å². The maximum absolute atomic E-state index is 12.3. The van der Waals surface area contributed by atoms with Gasteiger partial charge >= 0.3 is 6.03 Å². The Labute approximate surface area is 145 Å². The first kappa shape index (κ1) is 16.6. The molecule has 6 nitrogen and oxygen atoms in total. The molecule has 126 valence electrons. The molecule has 0 bridgehead atoms. The lowest BCUT2D eigenvalue weighted by Crippen LogP contribution is -2.30. The van der Waals surface area contributed by atoms with E-state index in [-0.39, 0.29) is 22.0 Å². The number of hydrogen-bond acceptors (Lipinski definition) is 3. The highest BCUT2D eigenvalue weighted by atomic mass is 35.5. The lowest BCUT2D eigenvalue weighted by Gasteiger charge is -2.11. The van der Waals surface area contributed by atoms with Gasteiger partial charge in [0.05, 0.1) is 5.02 Å². The largest absolute Gasteiger partial charge is 0.335 e. The number of nitrogens with one attached hydrogen (secondary N) is 3. The molecule has 1 aliphatic carbocycles. The lowest BCUT2D eigenvalue weighted by molar-refractivity contribution is 0.251. The highest BCUT2D eigenvalue weighted by molar-refractivity contribution is 7.92. The van der Waals surface area contributed by atoms with Gasteiger partial charge in [0.15, 0.2) is 0 Å². The van der Waals surface area contributed by atoms with Crippen LogP contribution in [0.1, 0.15) is 12.8 Å². The number of amides is 2. The van der Waals surface area contributed by atoms with Gasteiger partial charge in [-0.25, -0.2) is 13.2 Å². The predicted octanol–water partition coefficient (Wildman–Crippen LogP) is 3.42. The van der Waals surface area contributed by atoms with E-state index < -0.39 is 10.0 Å². The summed E-state index contributed by atoms with van der Waals surface area (Å²) >= 11 is 5.93. The van der Waals surface area contributed by atoms with Gasteiger partial charge in [0, 0.05) is 17.4 Å². The summed E-state index contributed by atoms with van der Waals surface area (Å²) < 4.78 is 27.1. The molecule has 0 radical (unpaired) electrons. The predicted molar refractivity (Wildman–Crippen MR) is 93.9 cm³/mol. The smallest absolute Gasteiger partial charge is 0.319 e. The molecule has 24 heavy (non-hydrogen) atoms. The summed E-state index contributed by atoms with van der Waals surface area (Å²) in [7, 11) is -3.77. The Hall–Kier alpha value is -2.25. The van der Waals surface area contributed by atoms with Gasteiger partial charge in [-0.3, -0.25) is 4.72 Å². The second kappa shape index (κ2) is 6.70. The van der Waals surface area contributed by atoms with E-state index in [1.54, 1.807) is 36.4 Å². The fraction of sp³-hybridized carbons (Fsp3) is 0.188. The zero-order valence-corrected chi connectivity index (χ0v) is 14.2. The van der Waals surface area contributed by atoms with Crippen LogP contribution >= 0.6 is 11.6 Å². The van der Waals surface area contributed by atoms with Crippen LogP contribution in [-0.2, 0) is 10.0 Å². The number of carbonyl (C=O) groups excluding carboxylic acids is 1. The zero-order chi connectivity index (χ0) is 17.2. The molecule has 0 spiro atoms. The van der Waals surface area contributed by atoms with Crippen molar-refractivity contribution in [2.24, 2.45) is 0 Å².